The number of carbonyl (C=O) groups excluding carboxylic acids is 1. The van der Waals surface area contributed by atoms with Crippen molar-refractivity contribution in [1.29, 1.82) is 5.26 Å². The number of hydrogen-bond donors (Lipinski definition) is 1. The number of nitriles is 1. The van der Waals surface area contributed by atoms with Crippen molar-refractivity contribution in [3.05, 3.63) is 77.6 Å². The number of rotatable bonds is 5. The molecule has 7 nitrogen and oxygen atoms in total. The Morgan fingerprint density at radius 2 is 1.88 bits per heavy atom. The number of nitrogens with zero attached hydrogens (tertiary/aromatic N) is 5. The van der Waals surface area contributed by atoms with Crippen LogP contribution in [-0.2, 0) is 5.54 Å². The van der Waals surface area contributed by atoms with Crippen LogP contribution >= 0.6 is 0 Å². The Morgan fingerprint density at radius 3 is 2.54 bits per heavy atom. The minimum atomic E-state index is -0.277. The standard InChI is InChI=1S/C19H14N6O/c20-9-13-2-1-3-14(8-13)17(26)15-10-23-18(24-11-15)25-19(4-5-19)16-12-21-6-7-22-16/h1-3,6-8,10-12H,4-5H2,(H,23,24,25). The van der Waals surface area contributed by atoms with Gasteiger partial charge in [-0.05, 0) is 25.0 Å². The second-order valence-corrected chi connectivity index (χ2v) is 6.11. The third-order valence-corrected chi connectivity index (χ3v) is 4.32. The monoisotopic (exact) mass is 342 g/mol. The van der Waals surface area contributed by atoms with Crippen LogP contribution in [0.1, 0.15) is 40.0 Å². The summed E-state index contributed by atoms with van der Waals surface area (Å²) in [4.78, 5) is 29.5. The van der Waals surface area contributed by atoms with E-state index in [0.29, 0.717) is 22.6 Å². The van der Waals surface area contributed by atoms with Crippen LogP contribution in [0, 0.1) is 11.3 Å². The first-order valence-electron chi connectivity index (χ1n) is 8.12. The van der Waals surface area contributed by atoms with Gasteiger partial charge in [-0.3, -0.25) is 14.8 Å². The number of ketones is 1. The van der Waals surface area contributed by atoms with Crippen LogP contribution < -0.4 is 5.32 Å². The van der Waals surface area contributed by atoms with Crippen molar-refractivity contribution in [3.8, 4) is 6.07 Å². The Labute approximate surface area is 149 Å². The van der Waals surface area contributed by atoms with E-state index in [2.05, 4.69) is 25.3 Å². The van der Waals surface area contributed by atoms with E-state index in [4.69, 9.17) is 5.26 Å². The van der Waals surface area contributed by atoms with Crippen molar-refractivity contribution < 1.29 is 4.79 Å². The van der Waals surface area contributed by atoms with Crippen molar-refractivity contribution >= 4 is 11.7 Å². The lowest BCUT2D eigenvalue weighted by molar-refractivity contribution is 0.103. The molecule has 0 atom stereocenters. The van der Waals surface area contributed by atoms with Gasteiger partial charge in [-0.1, -0.05) is 12.1 Å². The van der Waals surface area contributed by atoms with Gasteiger partial charge < -0.3 is 5.32 Å². The van der Waals surface area contributed by atoms with Gasteiger partial charge in [-0.25, -0.2) is 9.97 Å². The second-order valence-electron chi connectivity index (χ2n) is 6.11. The van der Waals surface area contributed by atoms with E-state index in [9.17, 15) is 4.79 Å². The number of anilines is 1. The third kappa shape index (κ3) is 3.00. The molecule has 0 saturated heterocycles. The van der Waals surface area contributed by atoms with E-state index in [1.807, 2.05) is 6.07 Å². The molecule has 0 radical (unpaired) electrons. The highest BCUT2D eigenvalue weighted by Crippen LogP contribution is 2.46. The van der Waals surface area contributed by atoms with Gasteiger partial charge in [0.05, 0.1) is 34.6 Å². The molecule has 0 unspecified atom stereocenters. The van der Waals surface area contributed by atoms with Crippen LogP contribution in [0.2, 0.25) is 0 Å². The molecule has 26 heavy (non-hydrogen) atoms. The average Bonchev–Trinajstić information content (AvgIpc) is 3.49. The number of nitrogens with one attached hydrogen (secondary N) is 1. The quantitative estimate of drug-likeness (QED) is 0.710. The first-order chi connectivity index (χ1) is 12.7. The van der Waals surface area contributed by atoms with Crippen molar-refractivity contribution in [1.82, 2.24) is 19.9 Å². The van der Waals surface area contributed by atoms with Crippen molar-refractivity contribution in [2.24, 2.45) is 0 Å². The Morgan fingerprint density at radius 1 is 1.08 bits per heavy atom. The zero-order chi connectivity index (χ0) is 18.0. The summed E-state index contributed by atoms with van der Waals surface area (Å²) in [7, 11) is 0. The predicted molar refractivity (Wildman–Crippen MR) is 93.2 cm³/mol. The fraction of sp³-hybridized carbons (Fsp3) is 0.158. The summed E-state index contributed by atoms with van der Waals surface area (Å²) in [6.07, 6.45) is 9.87. The highest BCUT2D eigenvalue weighted by atomic mass is 16.1. The van der Waals surface area contributed by atoms with Gasteiger partial charge in [0.2, 0.25) is 5.95 Å². The number of aromatic nitrogens is 4. The fourth-order valence-electron chi connectivity index (χ4n) is 2.74. The van der Waals surface area contributed by atoms with Gasteiger partial charge >= 0.3 is 0 Å². The minimum Gasteiger partial charge on any atom is -0.343 e. The van der Waals surface area contributed by atoms with Crippen LogP contribution in [-0.4, -0.2) is 25.7 Å². The van der Waals surface area contributed by atoms with Crippen LogP contribution in [0.15, 0.2) is 55.2 Å². The van der Waals surface area contributed by atoms with Crippen molar-refractivity contribution in [3.63, 3.8) is 0 Å². The Kier molecular flexibility index (Phi) is 3.86. The Bertz CT molecular complexity index is 991. The first-order valence-corrected chi connectivity index (χ1v) is 8.12. The first kappa shape index (κ1) is 15.8. The lowest BCUT2D eigenvalue weighted by Gasteiger charge is -2.16. The normalized spacial score (nSPS) is 14.3. The van der Waals surface area contributed by atoms with Crippen LogP contribution in [0.25, 0.3) is 0 Å². The largest absolute Gasteiger partial charge is 0.343 e. The summed E-state index contributed by atoms with van der Waals surface area (Å²) in [6, 6.07) is 8.59. The Hall–Kier alpha value is -3.66. The van der Waals surface area contributed by atoms with Crippen molar-refractivity contribution in [2.75, 3.05) is 5.32 Å². The highest BCUT2D eigenvalue weighted by Gasteiger charge is 2.46. The zero-order valence-corrected chi connectivity index (χ0v) is 13.8. The maximum atomic E-state index is 12.5. The molecule has 1 aliphatic carbocycles. The average molecular weight is 342 g/mol. The van der Waals surface area contributed by atoms with Gasteiger partial charge in [-0.15, -0.1) is 0 Å². The maximum absolute atomic E-state index is 12.5. The third-order valence-electron chi connectivity index (χ3n) is 4.32. The van der Waals surface area contributed by atoms with E-state index in [1.165, 1.54) is 12.4 Å². The number of hydrogen-bond acceptors (Lipinski definition) is 7. The molecule has 4 rings (SSSR count). The molecule has 0 amide bonds. The minimum absolute atomic E-state index is 0.219. The maximum Gasteiger partial charge on any atom is 0.223 e. The van der Waals surface area contributed by atoms with E-state index in [0.717, 1.165) is 18.5 Å². The van der Waals surface area contributed by atoms with Crippen LogP contribution in [0.4, 0.5) is 5.95 Å². The summed E-state index contributed by atoms with van der Waals surface area (Å²) in [5.41, 5.74) is 1.83. The molecule has 1 aromatic carbocycles. The highest BCUT2D eigenvalue weighted by molar-refractivity contribution is 6.08. The summed E-state index contributed by atoms with van der Waals surface area (Å²) in [5.74, 6) is 0.221. The molecule has 3 aromatic rings. The SMILES string of the molecule is N#Cc1cccc(C(=O)c2cnc(NC3(c4cnccn4)CC3)nc2)c1. The summed E-state index contributed by atoms with van der Waals surface area (Å²) in [5, 5.41) is 12.2. The molecular weight excluding hydrogens is 328 g/mol. The topological polar surface area (TPSA) is 104 Å². The molecule has 0 bridgehead atoms. The lowest BCUT2D eigenvalue weighted by Crippen LogP contribution is -2.22. The predicted octanol–water partition coefficient (Wildman–Crippen LogP) is 2.47. The number of carbonyl (C=O) groups is 1. The van der Waals surface area contributed by atoms with Gasteiger partial charge in [0.25, 0.3) is 0 Å². The van der Waals surface area contributed by atoms with Crippen LogP contribution in [0.5, 0.6) is 0 Å². The summed E-state index contributed by atoms with van der Waals surface area (Å²) < 4.78 is 0. The van der Waals surface area contributed by atoms with E-state index in [-0.39, 0.29) is 11.3 Å². The van der Waals surface area contributed by atoms with Crippen LogP contribution in [0.3, 0.4) is 0 Å². The van der Waals surface area contributed by atoms with Gasteiger partial charge in [0.1, 0.15) is 0 Å². The summed E-state index contributed by atoms with van der Waals surface area (Å²) in [6.45, 7) is 0. The molecule has 1 fully saturated rings. The van der Waals surface area contributed by atoms with Gasteiger partial charge in [0, 0.05) is 30.4 Å². The molecule has 1 N–H and O–H groups in total. The molecular formula is C19H14N6O. The molecule has 1 aliphatic rings. The summed E-state index contributed by atoms with van der Waals surface area (Å²) >= 11 is 0. The van der Waals surface area contributed by atoms with Crippen molar-refractivity contribution in [2.45, 2.75) is 18.4 Å². The van der Waals surface area contributed by atoms with Gasteiger partial charge in [0.15, 0.2) is 5.78 Å². The lowest BCUT2D eigenvalue weighted by atomic mass is 10.0. The smallest absolute Gasteiger partial charge is 0.223 e. The molecule has 7 heteroatoms. The molecule has 0 aliphatic heterocycles. The van der Waals surface area contributed by atoms with E-state index in [1.54, 1.807) is 42.9 Å². The van der Waals surface area contributed by atoms with E-state index < -0.39 is 0 Å². The molecule has 0 spiro atoms. The fourth-order valence-corrected chi connectivity index (χ4v) is 2.74. The second kappa shape index (κ2) is 6.33. The van der Waals surface area contributed by atoms with Gasteiger partial charge in [-0.2, -0.15) is 5.26 Å². The molecule has 126 valence electrons. The number of benzene rings is 1. The van der Waals surface area contributed by atoms with E-state index >= 15 is 0 Å². The molecule has 2 heterocycles. The molecule has 1 saturated carbocycles. The zero-order valence-electron chi connectivity index (χ0n) is 13.8. The molecule has 2 aromatic heterocycles. The Balaban J connectivity index is 1.52.